The average molecular weight is 743 g/mol. The molecule has 0 spiro atoms. The SMILES string of the molecule is Clc1ccc(OCc2ccccc2)c(-c2nccnc2Cl)c1.Clc1nccnc1Cl.OB(O)c1cc(Cl)ccc1OCc1ccccc1. The molecule has 4 aromatic carbocycles. The normalized spacial score (nSPS) is 10.1. The molecule has 0 aliphatic heterocycles. The Morgan fingerprint density at radius 2 is 0.979 bits per heavy atom. The Bertz CT molecular complexity index is 1870. The summed E-state index contributed by atoms with van der Waals surface area (Å²) >= 11 is 28.8. The number of halogens is 5. The summed E-state index contributed by atoms with van der Waals surface area (Å²) in [5, 5.41) is 20.3. The van der Waals surface area contributed by atoms with Crippen LogP contribution < -0.4 is 14.9 Å². The molecule has 8 nitrogen and oxygen atoms in total. The first-order chi connectivity index (χ1) is 23.2. The van der Waals surface area contributed by atoms with Gasteiger partial charge in [0.1, 0.15) is 30.4 Å². The van der Waals surface area contributed by atoms with Crippen LogP contribution in [-0.4, -0.2) is 37.1 Å². The van der Waals surface area contributed by atoms with Gasteiger partial charge in [-0.1, -0.05) is 119 Å². The molecule has 244 valence electrons. The molecule has 6 aromatic rings. The first-order valence-electron chi connectivity index (χ1n) is 14.1. The van der Waals surface area contributed by atoms with Gasteiger partial charge in [-0.15, -0.1) is 0 Å². The highest BCUT2D eigenvalue weighted by molar-refractivity contribution is 6.60. The van der Waals surface area contributed by atoms with Crippen molar-refractivity contribution in [3.63, 3.8) is 0 Å². The molecule has 0 atom stereocenters. The number of hydrogen-bond donors (Lipinski definition) is 2. The second-order valence-electron chi connectivity index (χ2n) is 9.58. The van der Waals surface area contributed by atoms with E-state index >= 15 is 0 Å². The van der Waals surface area contributed by atoms with Gasteiger partial charge in [-0.2, -0.15) is 0 Å². The van der Waals surface area contributed by atoms with E-state index in [9.17, 15) is 10.0 Å². The molecule has 0 aliphatic carbocycles. The number of hydrogen-bond acceptors (Lipinski definition) is 8. The second kappa shape index (κ2) is 19.2. The van der Waals surface area contributed by atoms with Crippen LogP contribution in [0.25, 0.3) is 11.3 Å². The lowest BCUT2D eigenvalue weighted by Crippen LogP contribution is -2.31. The summed E-state index contributed by atoms with van der Waals surface area (Å²) in [6.45, 7) is 0.815. The van der Waals surface area contributed by atoms with Crippen LogP contribution in [0.5, 0.6) is 11.5 Å². The van der Waals surface area contributed by atoms with Crippen LogP contribution in [0.15, 0.2) is 122 Å². The first-order valence-corrected chi connectivity index (χ1v) is 16.0. The fraction of sp³-hybridized carbons (Fsp3) is 0.0588. The molecule has 0 fully saturated rings. The molecule has 0 bridgehead atoms. The third-order valence-electron chi connectivity index (χ3n) is 6.19. The Morgan fingerprint density at radius 1 is 0.521 bits per heavy atom. The molecule has 0 radical (unpaired) electrons. The monoisotopic (exact) mass is 740 g/mol. The zero-order chi connectivity index (χ0) is 34.3. The van der Waals surface area contributed by atoms with Crippen molar-refractivity contribution in [2.24, 2.45) is 0 Å². The number of rotatable bonds is 8. The minimum atomic E-state index is -1.60. The molecule has 2 aromatic heterocycles. The molecule has 6 rings (SSSR count). The minimum Gasteiger partial charge on any atom is -0.489 e. The molecule has 14 heteroatoms. The van der Waals surface area contributed by atoms with Crippen molar-refractivity contribution in [3.05, 3.63) is 158 Å². The molecule has 0 unspecified atom stereocenters. The molecule has 0 amide bonds. The highest BCUT2D eigenvalue weighted by Gasteiger charge is 2.18. The Balaban J connectivity index is 0.000000179. The Hall–Kier alpha value is -3.93. The van der Waals surface area contributed by atoms with Crippen LogP contribution in [-0.2, 0) is 13.2 Å². The van der Waals surface area contributed by atoms with Crippen molar-refractivity contribution in [1.29, 1.82) is 0 Å². The number of benzene rings is 4. The van der Waals surface area contributed by atoms with E-state index in [1.165, 1.54) is 18.5 Å². The third-order valence-corrected chi connectivity index (χ3v) is 7.58. The van der Waals surface area contributed by atoms with Gasteiger partial charge >= 0.3 is 7.12 Å². The topological polar surface area (TPSA) is 110 Å². The molecule has 0 saturated carbocycles. The van der Waals surface area contributed by atoms with Gasteiger partial charge in [-0.25, -0.2) is 15.0 Å². The van der Waals surface area contributed by atoms with E-state index in [1.54, 1.807) is 36.7 Å². The van der Waals surface area contributed by atoms with Crippen molar-refractivity contribution in [1.82, 2.24) is 19.9 Å². The molecule has 2 N–H and O–H groups in total. The summed E-state index contributed by atoms with van der Waals surface area (Å²) in [5.41, 5.74) is 3.62. The maximum Gasteiger partial charge on any atom is 0.492 e. The van der Waals surface area contributed by atoms with Crippen LogP contribution >= 0.6 is 58.0 Å². The highest BCUT2D eigenvalue weighted by atomic mass is 35.5. The van der Waals surface area contributed by atoms with Gasteiger partial charge in [0.2, 0.25) is 0 Å². The van der Waals surface area contributed by atoms with Crippen LogP contribution in [0.1, 0.15) is 11.1 Å². The fourth-order valence-corrected chi connectivity index (χ4v) is 4.71. The van der Waals surface area contributed by atoms with E-state index in [-0.39, 0.29) is 15.8 Å². The summed E-state index contributed by atoms with van der Waals surface area (Å²) in [6, 6.07) is 29.7. The summed E-state index contributed by atoms with van der Waals surface area (Å²) in [5.74, 6) is 1.08. The molecular formula is C34H26BCl5N4O4. The van der Waals surface area contributed by atoms with Crippen molar-refractivity contribution < 1.29 is 19.5 Å². The lowest BCUT2D eigenvalue weighted by molar-refractivity contribution is 0.306. The molecular weight excluding hydrogens is 716 g/mol. The fourth-order valence-electron chi connectivity index (χ4n) is 3.94. The highest BCUT2D eigenvalue weighted by Crippen LogP contribution is 2.34. The minimum absolute atomic E-state index is 0.245. The maximum atomic E-state index is 9.24. The predicted molar refractivity (Wildman–Crippen MR) is 192 cm³/mol. The van der Waals surface area contributed by atoms with Crippen LogP contribution in [0.3, 0.4) is 0 Å². The van der Waals surface area contributed by atoms with E-state index in [0.717, 1.165) is 16.7 Å². The average Bonchev–Trinajstić information content (AvgIpc) is 3.10. The summed E-state index contributed by atoms with van der Waals surface area (Å²) in [6.07, 6.45) is 6.09. The quantitative estimate of drug-likeness (QED) is 0.150. The number of nitrogens with zero attached hydrogens (tertiary/aromatic N) is 4. The van der Waals surface area contributed by atoms with E-state index in [4.69, 9.17) is 67.5 Å². The molecule has 48 heavy (non-hydrogen) atoms. The number of aromatic nitrogens is 4. The van der Waals surface area contributed by atoms with Gasteiger partial charge in [0, 0.05) is 45.9 Å². The standard InChI is InChI=1S/C17H12Cl2N2O.C13H12BClO3.C4H2Cl2N2/c18-13-6-7-15(22-11-12-4-2-1-3-5-12)14(10-13)16-17(19)21-9-8-20-16;15-11-6-7-13(12(8-11)14(16)17)18-9-10-4-2-1-3-5-10;5-3-4(6)8-2-1-7-3/h1-10H,11H2;1-8,16-17H,9H2;1-2H. The number of ether oxygens (including phenoxy) is 2. The van der Waals surface area contributed by atoms with Gasteiger partial charge in [0.15, 0.2) is 15.5 Å². The van der Waals surface area contributed by atoms with Gasteiger partial charge in [-0.3, -0.25) is 4.98 Å². The Kier molecular flexibility index (Phi) is 14.7. The van der Waals surface area contributed by atoms with Crippen LogP contribution in [0.2, 0.25) is 25.5 Å². The van der Waals surface area contributed by atoms with E-state index in [2.05, 4.69) is 19.9 Å². The van der Waals surface area contributed by atoms with Crippen molar-refractivity contribution >= 4 is 70.6 Å². The van der Waals surface area contributed by atoms with Crippen LogP contribution in [0, 0.1) is 0 Å². The van der Waals surface area contributed by atoms with E-state index < -0.39 is 7.12 Å². The summed E-state index contributed by atoms with van der Waals surface area (Å²) in [4.78, 5) is 15.6. The van der Waals surface area contributed by atoms with Gasteiger partial charge in [0.25, 0.3) is 0 Å². The van der Waals surface area contributed by atoms with Crippen molar-refractivity contribution in [2.45, 2.75) is 13.2 Å². The molecule has 0 saturated heterocycles. The van der Waals surface area contributed by atoms with Gasteiger partial charge < -0.3 is 19.5 Å². The van der Waals surface area contributed by atoms with E-state index in [0.29, 0.717) is 45.6 Å². The zero-order valence-electron chi connectivity index (χ0n) is 24.9. The summed E-state index contributed by atoms with van der Waals surface area (Å²) < 4.78 is 11.5. The Morgan fingerprint density at radius 3 is 1.48 bits per heavy atom. The van der Waals surface area contributed by atoms with Crippen molar-refractivity contribution in [2.75, 3.05) is 0 Å². The Labute approximate surface area is 303 Å². The van der Waals surface area contributed by atoms with E-state index in [1.807, 2.05) is 66.7 Å². The zero-order valence-corrected chi connectivity index (χ0v) is 28.7. The van der Waals surface area contributed by atoms with Gasteiger partial charge in [0.05, 0.1) is 0 Å². The second-order valence-corrected chi connectivity index (χ2v) is 11.5. The predicted octanol–water partition coefficient (Wildman–Crippen LogP) is 8.41. The molecule has 0 aliphatic rings. The lowest BCUT2D eigenvalue weighted by Gasteiger charge is -2.12. The maximum absolute atomic E-state index is 9.24. The summed E-state index contributed by atoms with van der Waals surface area (Å²) in [7, 11) is -1.60. The smallest absolute Gasteiger partial charge is 0.489 e. The lowest BCUT2D eigenvalue weighted by atomic mass is 9.79. The largest absolute Gasteiger partial charge is 0.492 e. The van der Waals surface area contributed by atoms with Gasteiger partial charge in [-0.05, 0) is 47.5 Å². The first kappa shape index (κ1) is 36.9. The van der Waals surface area contributed by atoms with Crippen molar-refractivity contribution in [3.8, 4) is 22.8 Å². The molecule has 2 heterocycles. The third kappa shape index (κ3) is 11.6. The van der Waals surface area contributed by atoms with Crippen LogP contribution in [0.4, 0.5) is 0 Å².